The molecule has 2 atom stereocenters. The molecule has 3 N–H and O–H groups in total. The lowest BCUT2D eigenvalue weighted by Gasteiger charge is -2.36. The van der Waals surface area contributed by atoms with Gasteiger partial charge < -0.3 is 16.0 Å². The van der Waals surface area contributed by atoms with Gasteiger partial charge in [0.05, 0.1) is 11.4 Å². The van der Waals surface area contributed by atoms with Crippen LogP contribution in [0.1, 0.15) is 71.0 Å². The summed E-state index contributed by atoms with van der Waals surface area (Å²) in [7, 11) is 0. The van der Waals surface area contributed by atoms with E-state index in [0.29, 0.717) is 34.8 Å². The summed E-state index contributed by atoms with van der Waals surface area (Å²) < 4.78 is 13.5. The van der Waals surface area contributed by atoms with Gasteiger partial charge in [-0.05, 0) is 111 Å². The standard InChI is InChI=1S/C30H34FN3O/c1-20-17-24(30(35)33-29-19-25(31)9-12-28(29)32)8-11-27(20)23-7-10-26(18-23)34-15-13-22(14-16-34)21-5-3-2-4-6-21/h2-6,8-9,11-12,17,19,22-23,26H,7,10,13-16,18,32H2,1H3,(H,33,35). The number of likely N-dealkylation sites (tertiary alicyclic amines) is 1. The van der Waals surface area contributed by atoms with E-state index in [2.05, 4.69) is 53.5 Å². The molecule has 2 unspecified atom stereocenters. The van der Waals surface area contributed by atoms with E-state index in [9.17, 15) is 9.18 Å². The summed E-state index contributed by atoms with van der Waals surface area (Å²) in [5.74, 6) is 0.514. The molecule has 1 aliphatic carbocycles. The van der Waals surface area contributed by atoms with E-state index >= 15 is 0 Å². The molecule has 1 saturated carbocycles. The topological polar surface area (TPSA) is 58.4 Å². The molecule has 0 bridgehead atoms. The van der Waals surface area contributed by atoms with E-state index < -0.39 is 5.82 Å². The monoisotopic (exact) mass is 471 g/mol. The molecule has 182 valence electrons. The number of piperidine rings is 1. The van der Waals surface area contributed by atoms with Crippen LogP contribution in [0.3, 0.4) is 0 Å². The quantitative estimate of drug-likeness (QED) is 0.419. The van der Waals surface area contributed by atoms with Crippen LogP contribution in [0, 0.1) is 12.7 Å². The Kier molecular flexibility index (Phi) is 6.87. The van der Waals surface area contributed by atoms with E-state index in [4.69, 9.17) is 5.73 Å². The summed E-state index contributed by atoms with van der Waals surface area (Å²) in [6, 6.07) is 21.5. The number of nitrogens with two attached hydrogens (primary N) is 1. The molecule has 1 saturated heterocycles. The van der Waals surface area contributed by atoms with Crippen LogP contribution in [0.15, 0.2) is 66.7 Å². The van der Waals surface area contributed by atoms with Gasteiger partial charge in [0.15, 0.2) is 0 Å². The minimum atomic E-state index is -0.430. The molecule has 0 spiro atoms. The molecule has 1 heterocycles. The number of aryl methyl sites for hydroxylation is 1. The van der Waals surface area contributed by atoms with Crippen LogP contribution < -0.4 is 11.1 Å². The molecule has 35 heavy (non-hydrogen) atoms. The average Bonchev–Trinajstić information content (AvgIpc) is 3.37. The van der Waals surface area contributed by atoms with Crippen molar-refractivity contribution < 1.29 is 9.18 Å². The van der Waals surface area contributed by atoms with Crippen molar-refractivity contribution in [2.45, 2.75) is 56.9 Å². The molecule has 2 aliphatic rings. The first-order chi connectivity index (χ1) is 17.0. The summed E-state index contributed by atoms with van der Waals surface area (Å²) in [4.78, 5) is 15.5. The molecule has 3 aromatic carbocycles. The number of amides is 1. The Morgan fingerprint density at radius 1 is 0.943 bits per heavy atom. The highest BCUT2D eigenvalue weighted by atomic mass is 19.1. The Bertz CT molecular complexity index is 1190. The van der Waals surface area contributed by atoms with Gasteiger partial charge in [-0.2, -0.15) is 0 Å². The number of rotatable bonds is 5. The summed E-state index contributed by atoms with van der Waals surface area (Å²) >= 11 is 0. The Morgan fingerprint density at radius 2 is 1.71 bits per heavy atom. The molecule has 3 aromatic rings. The second-order valence-electron chi connectivity index (χ2n) is 10.1. The molecule has 2 fully saturated rings. The fourth-order valence-corrected chi connectivity index (χ4v) is 6.00. The predicted molar refractivity (Wildman–Crippen MR) is 140 cm³/mol. The van der Waals surface area contributed by atoms with Gasteiger partial charge in [0.2, 0.25) is 0 Å². The maximum absolute atomic E-state index is 13.5. The number of nitrogen functional groups attached to an aromatic ring is 1. The number of carbonyl (C=O) groups excluding carboxylic acids is 1. The number of benzene rings is 3. The van der Waals surface area contributed by atoms with Crippen molar-refractivity contribution in [3.8, 4) is 0 Å². The van der Waals surface area contributed by atoms with Crippen molar-refractivity contribution in [2.24, 2.45) is 0 Å². The molecule has 0 radical (unpaired) electrons. The lowest BCUT2D eigenvalue weighted by atomic mass is 9.88. The minimum absolute atomic E-state index is 0.275. The lowest BCUT2D eigenvalue weighted by molar-refractivity contribution is 0.102. The number of hydrogen-bond donors (Lipinski definition) is 2. The first-order valence-corrected chi connectivity index (χ1v) is 12.7. The summed E-state index contributed by atoms with van der Waals surface area (Å²) in [6.07, 6.45) is 6.09. The van der Waals surface area contributed by atoms with Gasteiger partial charge in [-0.1, -0.05) is 36.4 Å². The number of nitrogens with zero attached hydrogens (tertiary/aromatic N) is 1. The normalized spacial score (nSPS) is 21.2. The van der Waals surface area contributed by atoms with E-state index in [0.717, 1.165) is 5.56 Å². The van der Waals surface area contributed by atoms with Crippen molar-refractivity contribution in [3.63, 3.8) is 0 Å². The van der Waals surface area contributed by atoms with E-state index in [-0.39, 0.29) is 5.91 Å². The van der Waals surface area contributed by atoms with E-state index in [1.54, 1.807) is 0 Å². The van der Waals surface area contributed by atoms with Gasteiger partial charge in [0.25, 0.3) is 5.91 Å². The van der Waals surface area contributed by atoms with Crippen molar-refractivity contribution >= 4 is 17.3 Å². The molecule has 4 nitrogen and oxygen atoms in total. The van der Waals surface area contributed by atoms with Crippen LogP contribution in [0.5, 0.6) is 0 Å². The summed E-state index contributed by atoms with van der Waals surface area (Å²) in [5, 5.41) is 2.74. The van der Waals surface area contributed by atoms with Crippen molar-refractivity contribution in [3.05, 3.63) is 94.8 Å². The van der Waals surface area contributed by atoms with Gasteiger partial charge in [-0.25, -0.2) is 4.39 Å². The minimum Gasteiger partial charge on any atom is -0.397 e. The zero-order valence-electron chi connectivity index (χ0n) is 20.3. The average molecular weight is 472 g/mol. The first kappa shape index (κ1) is 23.6. The summed E-state index contributed by atoms with van der Waals surface area (Å²) in [5.41, 5.74) is 11.0. The van der Waals surface area contributed by atoms with E-state index in [1.807, 2.05) is 12.1 Å². The van der Waals surface area contributed by atoms with Crippen LogP contribution in [0.2, 0.25) is 0 Å². The van der Waals surface area contributed by atoms with Crippen LogP contribution in [0.25, 0.3) is 0 Å². The third-order valence-corrected chi connectivity index (χ3v) is 7.96. The smallest absolute Gasteiger partial charge is 0.255 e. The number of carbonyl (C=O) groups is 1. The highest BCUT2D eigenvalue weighted by Gasteiger charge is 2.33. The van der Waals surface area contributed by atoms with Gasteiger partial charge in [-0.15, -0.1) is 0 Å². The zero-order valence-corrected chi connectivity index (χ0v) is 20.3. The van der Waals surface area contributed by atoms with Crippen molar-refractivity contribution in [1.82, 2.24) is 4.90 Å². The SMILES string of the molecule is Cc1cc(C(=O)Nc2cc(F)ccc2N)ccc1C1CCC(N2CCC(c3ccccc3)CC2)C1. The fraction of sp³-hybridized carbons (Fsp3) is 0.367. The van der Waals surface area contributed by atoms with Crippen molar-refractivity contribution in [2.75, 3.05) is 24.1 Å². The van der Waals surface area contributed by atoms with Crippen LogP contribution >= 0.6 is 0 Å². The third-order valence-electron chi connectivity index (χ3n) is 7.96. The van der Waals surface area contributed by atoms with E-state index in [1.165, 1.54) is 74.5 Å². The molecule has 5 heteroatoms. The lowest BCUT2D eigenvalue weighted by Crippen LogP contribution is -2.39. The van der Waals surface area contributed by atoms with Gasteiger partial charge >= 0.3 is 0 Å². The Hall–Kier alpha value is -3.18. The highest BCUT2D eigenvalue weighted by Crippen LogP contribution is 2.40. The Labute approximate surface area is 207 Å². The number of anilines is 2. The van der Waals surface area contributed by atoms with Crippen molar-refractivity contribution in [1.29, 1.82) is 0 Å². The van der Waals surface area contributed by atoms with Crippen LogP contribution in [-0.2, 0) is 0 Å². The van der Waals surface area contributed by atoms with Crippen LogP contribution in [-0.4, -0.2) is 29.9 Å². The largest absolute Gasteiger partial charge is 0.397 e. The second kappa shape index (κ2) is 10.2. The number of halogens is 1. The molecule has 1 aliphatic heterocycles. The zero-order chi connectivity index (χ0) is 24.4. The Morgan fingerprint density at radius 3 is 2.46 bits per heavy atom. The van der Waals surface area contributed by atoms with Gasteiger partial charge in [-0.3, -0.25) is 4.79 Å². The summed E-state index contributed by atoms with van der Waals surface area (Å²) in [6.45, 7) is 4.44. The van der Waals surface area contributed by atoms with Gasteiger partial charge in [0.1, 0.15) is 5.82 Å². The number of hydrogen-bond acceptors (Lipinski definition) is 3. The number of nitrogens with one attached hydrogen (secondary N) is 1. The third kappa shape index (κ3) is 5.25. The molecule has 5 rings (SSSR count). The predicted octanol–water partition coefficient (Wildman–Crippen LogP) is 6.48. The maximum atomic E-state index is 13.5. The molecular weight excluding hydrogens is 437 g/mol. The second-order valence-corrected chi connectivity index (χ2v) is 10.1. The fourth-order valence-electron chi connectivity index (χ4n) is 6.00. The van der Waals surface area contributed by atoms with Crippen LogP contribution in [0.4, 0.5) is 15.8 Å². The maximum Gasteiger partial charge on any atom is 0.255 e. The first-order valence-electron chi connectivity index (χ1n) is 12.7. The van der Waals surface area contributed by atoms with Gasteiger partial charge in [0, 0.05) is 11.6 Å². The highest BCUT2D eigenvalue weighted by molar-refractivity contribution is 6.05. The Balaban J connectivity index is 1.19. The molecular formula is C30H34FN3O. The molecule has 1 amide bonds. The molecule has 0 aromatic heterocycles.